The van der Waals surface area contributed by atoms with E-state index in [-0.39, 0.29) is 19.5 Å². The maximum atomic E-state index is 13.5. The molecule has 4 aliphatic heterocycles. The molecule has 0 unspecified atom stereocenters. The molecule has 2 aromatic carbocycles. The van der Waals surface area contributed by atoms with Crippen molar-refractivity contribution >= 4 is 5.78 Å². The molecule has 0 amide bonds. The van der Waals surface area contributed by atoms with Crippen LogP contribution in [-0.2, 0) is 12.0 Å². The van der Waals surface area contributed by atoms with Gasteiger partial charge in [0.1, 0.15) is 30.0 Å². The average molecular weight is 394 g/mol. The number of Topliss-reactive ketones (excluding diaryl/α,β-unsaturated/α-hetero) is 1. The number of fused-ring (bicyclic) bond motifs is 7. The molecule has 1 N–H and O–H groups in total. The highest BCUT2D eigenvalue weighted by molar-refractivity contribution is 6.07. The Labute approximate surface area is 166 Å². The van der Waals surface area contributed by atoms with Gasteiger partial charge in [-0.2, -0.15) is 0 Å². The zero-order valence-corrected chi connectivity index (χ0v) is 15.7. The summed E-state index contributed by atoms with van der Waals surface area (Å²) in [6, 6.07) is 6.64. The lowest BCUT2D eigenvalue weighted by atomic mass is 9.77. The minimum absolute atomic E-state index is 0.0305. The lowest BCUT2D eigenvalue weighted by Crippen LogP contribution is -2.57. The number of hydrogen-bond donors (Lipinski definition) is 1. The van der Waals surface area contributed by atoms with Gasteiger partial charge < -0.3 is 28.8 Å². The fourth-order valence-corrected chi connectivity index (χ4v) is 4.42. The van der Waals surface area contributed by atoms with E-state index in [9.17, 15) is 9.90 Å². The molecule has 4 heterocycles. The van der Waals surface area contributed by atoms with Crippen LogP contribution in [-0.4, -0.2) is 36.5 Å². The van der Waals surface area contributed by atoms with E-state index < -0.39 is 17.5 Å². The van der Waals surface area contributed by atoms with Crippen molar-refractivity contribution in [2.24, 2.45) is 0 Å². The third kappa shape index (κ3) is 2.08. The SMILES string of the molecule is C=C(C)[C@H]1Cc2c(ccc3c2O[C@@H]2COc4cc5c(cc4[C@]2(O)C3=O)OCO5)O1. The molecule has 29 heavy (non-hydrogen) atoms. The highest BCUT2D eigenvalue weighted by Crippen LogP contribution is 2.52. The molecule has 0 saturated heterocycles. The van der Waals surface area contributed by atoms with Crippen LogP contribution in [0.4, 0.5) is 0 Å². The Hall–Kier alpha value is -3.19. The van der Waals surface area contributed by atoms with Crippen LogP contribution in [0.1, 0.15) is 28.4 Å². The predicted molar refractivity (Wildman–Crippen MR) is 100 cm³/mol. The molecule has 4 aliphatic rings. The van der Waals surface area contributed by atoms with Gasteiger partial charge in [-0.25, -0.2) is 0 Å². The summed E-state index contributed by atoms with van der Waals surface area (Å²) in [6.07, 6.45) is -0.465. The van der Waals surface area contributed by atoms with Gasteiger partial charge in [-0.1, -0.05) is 6.58 Å². The molecule has 7 heteroatoms. The minimum Gasteiger partial charge on any atom is -0.489 e. The molecule has 0 aliphatic carbocycles. The van der Waals surface area contributed by atoms with Gasteiger partial charge in [0.2, 0.25) is 12.6 Å². The van der Waals surface area contributed by atoms with Crippen molar-refractivity contribution in [1.82, 2.24) is 0 Å². The van der Waals surface area contributed by atoms with Crippen LogP contribution in [0.25, 0.3) is 0 Å². The quantitative estimate of drug-likeness (QED) is 0.744. The Bertz CT molecular complexity index is 1100. The Morgan fingerprint density at radius 3 is 2.69 bits per heavy atom. The summed E-state index contributed by atoms with van der Waals surface area (Å²) >= 11 is 0. The minimum atomic E-state index is -1.87. The van der Waals surface area contributed by atoms with Crippen molar-refractivity contribution in [3.63, 3.8) is 0 Å². The fourth-order valence-electron chi connectivity index (χ4n) is 4.42. The number of hydrogen-bond acceptors (Lipinski definition) is 7. The van der Waals surface area contributed by atoms with Crippen molar-refractivity contribution in [1.29, 1.82) is 0 Å². The van der Waals surface area contributed by atoms with E-state index in [0.717, 1.165) is 11.1 Å². The van der Waals surface area contributed by atoms with Crippen molar-refractivity contribution < 1.29 is 33.6 Å². The van der Waals surface area contributed by atoms with Crippen LogP contribution in [0.2, 0.25) is 0 Å². The van der Waals surface area contributed by atoms with Crippen LogP contribution in [0.15, 0.2) is 36.4 Å². The van der Waals surface area contributed by atoms with Crippen LogP contribution in [0.5, 0.6) is 28.7 Å². The lowest BCUT2D eigenvalue weighted by molar-refractivity contribution is -0.0801. The van der Waals surface area contributed by atoms with E-state index in [4.69, 9.17) is 23.7 Å². The number of carbonyl (C=O) groups excluding carboxylic acids is 1. The molecule has 3 atom stereocenters. The van der Waals surface area contributed by atoms with E-state index in [1.807, 2.05) is 6.92 Å². The summed E-state index contributed by atoms with van der Waals surface area (Å²) in [4.78, 5) is 13.5. The van der Waals surface area contributed by atoms with Crippen LogP contribution in [0.3, 0.4) is 0 Å². The number of carbonyl (C=O) groups is 1. The largest absolute Gasteiger partial charge is 0.489 e. The summed E-state index contributed by atoms with van der Waals surface area (Å²) < 4.78 is 28.7. The van der Waals surface area contributed by atoms with Gasteiger partial charge in [-0.3, -0.25) is 4.79 Å². The van der Waals surface area contributed by atoms with Crippen LogP contribution < -0.4 is 23.7 Å². The highest BCUT2D eigenvalue weighted by Gasteiger charge is 2.57. The first-order valence-electron chi connectivity index (χ1n) is 9.45. The van der Waals surface area contributed by atoms with E-state index in [1.54, 1.807) is 24.3 Å². The Kier molecular flexibility index (Phi) is 3.14. The monoisotopic (exact) mass is 394 g/mol. The molecule has 0 spiro atoms. The maximum absolute atomic E-state index is 13.5. The van der Waals surface area contributed by atoms with Crippen molar-refractivity contribution in [3.8, 4) is 28.7 Å². The Morgan fingerprint density at radius 1 is 1.10 bits per heavy atom. The zero-order chi connectivity index (χ0) is 19.9. The smallest absolute Gasteiger partial charge is 0.231 e. The number of aliphatic hydroxyl groups is 1. The normalized spacial score (nSPS) is 27.6. The van der Waals surface area contributed by atoms with Crippen molar-refractivity contribution in [2.75, 3.05) is 13.4 Å². The van der Waals surface area contributed by atoms with Gasteiger partial charge in [0.25, 0.3) is 0 Å². The number of benzene rings is 2. The molecular formula is C22H18O7. The van der Waals surface area contributed by atoms with E-state index >= 15 is 0 Å². The second-order valence-electron chi connectivity index (χ2n) is 7.79. The van der Waals surface area contributed by atoms with Gasteiger partial charge in [0.15, 0.2) is 23.2 Å². The summed E-state index contributed by atoms with van der Waals surface area (Å²) in [5, 5.41) is 11.6. The first-order chi connectivity index (χ1) is 14.0. The molecule has 0 radical (unpaired) electrons. The fraction of sp³-hybridized carbons (Fsp3) is 0.318. The van der Waals surface area contributed by atoms with Gasteiger partial charge in [-0.15, -0.1) is 0 Å². The zero-order valence-electron chi connectivity index (χ0n) is 15.7. The molecule has 0 fully saturated rings. The number of rotatable bonds is 1. The van der Waals surface area contributed by atoms with E-state index in [1.165, 1.54) is 0 Å². The predicted octanol–water partition coefficient (Wildman–Crippen LogP) is 2.52. The first-order valence-corrected chi connectivity index (χ1v) is 9.45. The molecule has 0 bridgehead atoms. The van der Waals surface area contributed by atoms with Crippen molar-refractivity contribution in [3.05, 3.63) is 53.1 Å². The topological polar surface area (TPSA) is 83.5 Å². The summed E-state index contributed by atoms with van der Waals surface area (Å²) in [5.74, 6) is 2.09. The average Bonchev–Trinajstić information content (AvgIpc) is 3.34. The Morgan fingerprint density at radius 2 is 1.90 bits per heavy atom. The highest BCUT2D eigenvalue weighted by atomic mass is 16.7. The lowest BCUT2D eigenvalue weighted by Gasteiger charge is -2.43. The molecule has 6 rings (SSSR count). The van der Waals surface area contributed by atoms with Gasteiger partial charge >= 0.3 is 0 Å². The standard InChI is InChI=1S/C22H18O7/c1-10(2)15-5-12-14(28-15)4-3-11-20(12)29-19-8-25-16-7-18-17(26-9-27-18)6-13(16)22(19,24)21(11)23/h3-4,6-7,15,19,24H,1,5,8-9H2,2H3/t15-,19-,22-/m1/s1. The third-order valence-corrected chi connectivity index (χ3v) is 6.02. The Balaban J connectivity index is 1.48. The molecule has 0 aromatic heterocycles. The molecule has 2 aromatic rings. The van der Waals surface area contributed by atoms with Crippen LogP contribution >= 0.6 is 0 Å². The van der Waals surface area contributed by atoms with E-state index in [0.29, 0.717) is 46.3 Å². The van der Waals surface area contributed by atoms with Crippen LogP contribution in [0, 0.1) is 0 Å². The van der Waals surface area contributed by atoms with Gasteiger partial charge in [-0.05, 0) is 30.7 Å². The molecule has 148 valence electrons. The first kappa shape index (κ1) is 16.7. The van der Waals surface area contributed by atoms with Gasteiger partial charge in [0.05, 0.1) is 5.56 Å². The number of ketones is 1. The van der Waals surface area contributed by atoms with E-state index in [2.05, 4.69) is 6.58 Å². The van der Waals surface area contributed by atoms with Gasteiger partial charge in [0, 0.05) is 23.6 Å². The third-order valence-electron chi connectivity index (χ3n) is 6.02. The summed E-state index contributed by atoms with van der Waals surface area (Å²) in [7, 11) is 0. The second-order valence-corrected chi connectivity index (χ2v) is 7.79. The number of ether oxygens (including phenoxy) is 5. The van der Waals surface area contributed by atoms with Crippen molar-refractivity contribution in [2.45, 2.75) is 31.2 Å². The molecule has 7 nitrogen and oxygen atoms in total. The maximum Gasteiger partial charge on any atom is 0.231 e. The summed E-state index contributed by atoms with van der Waals surface area (Å²) in [5.41, 5.74) is 0.509. The summed E-state index contributed by atoms with van der Waals surface area (Å²) in [6.45, 7) is 5.99. The molecular weight excluding hydrogens is 376 g/mol. The molecule has 0 saturated carbocycles. The second kappa shape index (κ2) is 5.45.